The molecule has 23 heavy (non-hydrogen) atoms. The highest BCUT2D eigenvalue weighted by Crippen LogP contribution is 2.27. The molecule has 0 spiro atoms. The summed E-state index contributed by atoms with van der Waals surface area (Å²) in [6, 6.07) is 18.1. The number of rotatable bonds is 6. The van der Waals surface area contributed by atoms with Crippen molar-refractivity contribution in [3.63, 3.8) is 0 Å². The molecule has 116 valence electrons. The molecule has 0 unspecified atom stereocenters. The lowest BCUT2D eigenvalue weighted by molar-refractivity contribution is 0.186. The first-order valence-electron chi connectivity index (χ1n) is 7.38. The molecule has 3 rings (SSSR count). The van der Waals surface area contributed by atoms with E-state index in [1.54, 1.807) is 18.9 Å². The second-order valence-electron chi connectivity index (χ2n) is 5.09. The minimum atomic E-state index is 0.642. The Morgan fingerprint density at radius 1 is 1.17 bits per heavy atom. The van der Waals surface area contributed by atoms with Crippen LogP contribution in [0.25, 0.3) is 11.0 Å². The van der Waals surface area contributed by atoms with Gasteiger partial charge in [-0.3, -0.25) is 0 Å². The number of fused-ring (bicyclic) bond motifs is 1. The predicted molar refractivity (Wildman–Crippen MR) is 92.3 cm³/mol. The molecule has 0 amide bonds. The third-order valence-electron chi connectivity index (χ3n) is 3.63. The number of para-hydroxylation sites is 2. The molecule has 0 radical (unpaired) electrons. The van der Waals surface area contributed by atoms with E-state index < -0.39 is 0 Å². The lowest BCUT2D eigenvalue weighted by Crippen LogP contribution is -2.05. The van der Waals surface area contributed by atoms with Crippen molar-refractivity contribution >= 4 is 22.8 Å². The molecule has 0 aliphatic rings. The Morgan fingerprint density at radius 2 is 1.96 bits per heavy atom. The van der Waals surface area contributed by atoms with Crippen molar-refractivity contribution in [2.45, 2.75) is 17.5 Å². The first-order valence-corrected chi connectivity index (χ1v) is 8.37. The van der Waals surface area contributed by atoms with Gasteiger partial charge in [0.25, 0.3) is 0 Å². The summed E-state index contributed by atoms with van der Waals surface area (Å²) in [4.78, 5) is 4.72. The lowest BCUT2D eigenvalue weighted by atomic mass is 10.1. The zero-order valence-electron chi connectivity index (χ0n) is 12.9. The SMILES string of the molecule is COCCn1c(SCc2ccccc2C#N)nc2ccccc21. The van der Waals surface area contributed by atoms with Crippen molar-refractivity contribution in [1.29, 1.82) is 5.26 Å². The topological polar surface area (TPSA) is 50.8 Å². The van der Waals surface area contributed by atoms with E-state index in [9.17, 15) is 5.26 Å². The second kappa shape index (κ2) is 7.32. The van der Waals surface area contributed by atoms with Gasteiger partial charge >= 0.3 is 0 Å². The molecule has 5 heteroatoms. The average Bonchev–Trinajstić information content (AvgIpc) is 2.96. The first-order chi connectivity index (χ1) is 11.3. The molecule has 1 aromatic heterocycles. The van der Waals surface area contributed by atoms with Crippen molar-refractivity contribution in [2.24, 2.45) is 0 Å². The maximum atomic E-state index is 9.20. The van der Waals surface area contributed by atoms with Crippen molar-refractivity contribution in [1.82, 2.24) is 9.55 Å². The summed E-state index contributed by atoms with van der Waals surface area (Å²) in [6.07, 6.45) is 0. The highest BCUT2D eigenvalue weighted by molar-refractivity contribution is 7.98. The van der Waals surface area contributed by atoms with Crippen LogP contribution in [-0.2, 0) is 17.0 Å². The number of hydrogen-bond acceptors (Lipinski definition) is 4. The molecule has 0 bridgehead atoms. The minimum absolute atomic E-state index is 0.642. The Morgan fingerprint density at radius 3 is 2.78 bits per heavy atom. The van der Waals surface area contributed by atoms with Crippen LogP contribution < -0.4 is 0 Å². The van der Waals surface area contributed by atoms with Crippen molar-refractivity contribution in [3.8, 4) is 6.07 Å². The van der Waals surface area contributed by atoms with Gasteiger partial charge in [-0.05, 0) is 23.8 Å². The Balaban J connectivity index is 1.88. The second-order valence-corrected chi connectivity index (χ2v) is 6.03. The number of benzene rings is 2. The minimum Gasteiger partial charge on any atom is -0.383 e. The van der Waals surface area contributed by atoms with E-state index in [0.717, 1.165) is 39.6 Å². The van der Waals surface area contributed by atoms with Crippen molar-refractivity contribution in [2.75, 3.05) is 13.7 Å². The molecule has 3 aromatic rings. The van der Waals surface area contributed by atoms with Gasteiger partial charge in [0.1, 0.15) is 0 Å². The van der Waals surface area contributed by atoms with E-state index in [1.165, 1.54) is 0 Å². The molecule has 1 heterocycles. The molecule has 0 aliphatic heterocycles. The molecule has 2 aromatic carbocycles. The van der Waals surface area contributed by atoms with Crippen LogP contribution in [0.15, 0.2) is 53.7 Å². The van der Waals surface area contributed by atoms with Crippen LogP contribution in [0.1, 0.15) is 11.1 Å². The van der Waals surface area contributed by atoms with Gasteiger partial charge in [0.05, 0.1) is 29.3 Å². The summed E-state index contributed by atoms with van der Waals surface area (Å²) in [6.45, 7) is 1.40. The van der Waals surface area contributed by atoms with E-state index in [2.05, 4.69) is 16.7 Å². The first kappa shape index (κ1) is 15.6. The third kappa shape index (κ3) is 3.39. The monoisotopic (exact) mass is 323 g/mol. The number of aromatic nitrogens is 2. The summed E-state index contributed by atoms with van der Waals surface area (Å²) >= 11 is 1.65. The number of hydrogen-bond donors (Lipinski definition) is 0. The molecule has 0 fully saturated rings. The lowest BCUT2D eigenvalue weighted by Gasteiger charge is -2.08. The van der Waals surface area contributed by atoms with Crippen LogP contribution in [0.2, 0.25) is 0 Å². The summed E-state index contributed by atoms with van der Waals surface area (Å²) in [5.41, 5.74) is 3.85. The zero-order chi connectivity index (χ0) is 16.1. The van der Waals surface area contributed by atoms with Crippen LogP contribution in [0.4, 0.5) is 0 Å². The van der Waals surface area contributed by atoms with Gasteiger partial charge in [-0.1, -0.05) is 42.1 Å². The number of methoxy groups -OCH3 is 1. The Bertz CT molecular complexity index is 851. The van der Waals surface area contributed by atoms with Crippen LogP contribution in [-0.4, -0.2) is 23.3 Å². The van der Waals surface area contributed by atoms with Crippen LogP contribution >= 0.6 is 11.8 Å². The van der Waals surface area contributed by atoms with E-state index in [-0.39, 0.29) is 0 Å². The van der Waals surface area contributed by atoms with Crippen LogP contribution in [0, 0.1) is 11.3 Å². The molecule has 0 saturated carbocycles. The van der Waals surface area contributed by atoms with Crippen LogP contribution in [0.3, 0.4) is 0 Å². The number of nitriles is 1. The van der Waals surface area contributed by atoms with Gasteiger partial charge in [-0.25, -0.2) is 4.98 Å². The zero-order valence-corrected chi connectivity index (χ0v) is 13.7. The van der Waals surface area contributed by atoms with E-state index in [1.807, 2.05) is 42.5 Å². The van der Waals surface area contributed by atoms with Gasteiger partial charge in [-0.2, -0.15) is 5.26 Å². The van der Waals surface area contributed by atoms with Gasteiger partial charge in [0.15, 0.2) is 5.16 Å². The summed E-state index contributed by atoms with van der Waals surface area (Å²) in [5, 5.41) is 10.2. The number of nitrogens with zero attached hydrogens (tertiary/aromatic N) is 3. The van der Waals surface area contributed by atoms with Crippen molar-refractivity contribution < 1.29 is 4.74 Å². The summed E-state index contributed by atoms with van der Waals surface area (Å²) in [5.74, 6) is 0.722. The molecular weight excluding hydrogens is 306 g/mol. The summed E-state index contributed by atoms with van der Waals surface area (Å²) < 4.78 is 7.40. The predicted octanol–water partition coefficient (Wildman–Crippen LogP) is 3.85. The van der Waals surface area contributed by atoms with Gasteiger partial charge in [0.2, 0.25) is 0 Å². The van der Waals surface area contributed by atoms with Gasteiger partial charge < -0.3 is 9.30 Å². The maximum absolute atomic E-state index is 9.20. The largest absolute Gasteiger partial charge is 0.383 e. The number of thioether (sulfide) groups is 1. The quantitative estimate of drug-likeness (QED) is 0.647. The smallest absolute Gasteiger partial charge is 0.169 e. The van der Waals surface area contributed by atoms with Crippen LogP contribution in [0.5, 0.6) is 0 Å². The molecule has 0 N–H and O–H groups in total. The molecule has 4 nitrogen and oxygen atoms in total. The third-order valence-corrected chi connectivity index (χ3v) is 4.66. The molecule has 0 atom stereocenters. The maximum Gasteiger partial charge on any atom is 0.169 e. The van der Waals surface area contributed by atoms with E-state index in [4.69, 9.17) is 9.72 Å². The highest BCUT2D eigenvalue weighted by Gasteiger charge is 2.11. The van der Waals surface area contributed by atoms with Crippen molar-refractivity contribution in [3.05, 3.63) is 59.7 Å². The standard InChI is InChI=1S/C18H17N3OS/c1-22-11-10-21-17-9-5-4-8-16(17)20-18(21)23-13-15-7-3-2-6-14(15)12-19/h2-9H,10-11,13H2,1H3. The molecule has 0 saturated heterocycles. The highest BCUT2D eigenvalue weighted by atomic mass is 32.2. The van der Waals surface area contributed by atoms with E-state index in [0.29, 0.717) is 6.61 Å². The van der Waals surface area contributed by atoms with Gasteiger partial charge in [0, 0.05) is 19.4 Å². The fourth-order valence-electron chi connectivity index (χ4n) is 2.46. The Hall–Kier alpha value is -2.29. The number of imidazole rings is 1. The Kier molecular flexibility index (Phi) is 4.96. The normalized spacial score (nSPS) is 10.8. The molecular formula is C18H17N3OS. The fourth-order valence-corrected chi connectivity index (χ4v) is 3.50. The number of ether oxygens (including phenoxy) is 1. The summed E-state index contributed by atoms with van der Waals surface area (Å²) in [7, 11) is 1.70. The fraction of sp³-hybridized carbons (Fsp3) is 0.222. The average molecular weight is 323 g/mol. The Labute approximate surface area is 139 Å². The molecule has 0 aliphatic carbocycles. The van der Waals surface area contributed by atoms with E-state index >= 15 is 0 Å². The van der Waals surface area contributed by atoms with Gasteiger partial charge in [-0.15, -0.1) is 0 Å².